The number of alkyl halides is 1. The first-order valence-electron chi connectivity index (χ1n) is 5.25. The number of hydrogen-bond donors (Lipinski definition) is 0. The standard InChI is InChI=1S/C11H13ClN2O2S/c1-3-14-8(2)13-10-6-9(4-5-11(10)14)17(15,16)7-12/h4-6H,3,7H2,1-2H3. The molecule has 17 heavy (non-hydrogen) atoms. The normalized spacial score (nSPS) is 12.2. The van der Waals surface area contributed by atoms with E-state index in [9.17, 15) is 8.42 Å². The van der Waals surface area contributed by atoms with E-state index in [-0.39, 0.29) is 4.90 Å². The summed E-state index contributed by atoms with van der Waals surface area (Å²) in [7, 11) is -3.38. The van der Waals surface area contributed by atoms with Crippen molar-refractivity contribution in [1.82, 2.24) is 9.55 Å². The van der Waals surface area contributed by atoms with Crippen molar-refractivity contribution in [1.29, 1.82) is 0 Å². The summed E-state index contributed by atoms with van der Waals surface area (Å²) in [6.07, 6.45) is 0. The average Bonchev–Trinajstić information content (AvgIpc) is 2.63. The van der Waals surface area contributed by atoms with Gasteiger partial charge in [-0.3, -0.25) is 0 Å². The molecule has 6 heteroatoms. The van der Waals surface area contributed by atoms with Gasteiger partial charge in [0, 0.05) is 6.54 Å². The Kier molecular flexibility index (Phi) is 3.14. The summed E-state index contributed by atoms with van der Waals surface area (Å²) in [6, 6.07) is 4.93. The summed E-state index contributed by atoms with van der Waals surface area (Å²) in [5.41, 5.74) is 1.63. The van der Waals surface area contributed by atoms with Crippen molar-refractivity contribution in [2.75, 3.05) is 5.21 Å². The number of nitrogens with zero attached hydrogens (tertiary/aromatic N) is 2. The van der Waals surface area contributed by atoms with Gasteiger partial charge < -0.3 is 4.57 Å². The van der Waals surface area contributed by atoms with E-state index in [1.54, 1.807) is 18.2 Å². The SMILES string of the molecule is CCn1c(C)nc2cc(S(=O)(=O)CCl)ccc21. The number of hydrogen-bond acceptors (Lipinski definition) is 3. The molecule has 0 radical (unpaired) electrons. The highest BCUT2D eigenvalue weighted by molar-refractivity contribution is 7.92. The molecule has 0 atom stereocenters. The summed E-state index contributed by atoms with van der Waals surface area (Å²) in [4.78, 5) is 4.57. The van der Waals surface area contributed by atoms with Crippen molar-refractivity contribution in [2.45, 2.75) is 25.3 Å². The molecule has 1 aromatic heterocycles. The van der Waals surface area contributed by atoms with Gasteiger partial charge in [0.2, 0.25) is 0 Å². The minimum atomic E-state index is -3.38. The largest absolute Gasteiger partial charge is 0.329 e. The zero-order chi connectivity index (χ0) is 12.6. The van der Waals surface area contributed by atoms with Crippen molar-refractivity contribution < 1.29 is 8.42 Å². The zero-order valence-electron chi connectivity index (χ0n) is 9.64. The smallest absolute Gasteiger partial charge is 0.192 e. The van der Waals surface area contributed by atoms with Crippen LogP contribution in [-0.4, -0.2) is 23.2 Å². The van der Waals surface area contributed by atoms with Crippen LogP contribution in [0.15, 0.2) is 23.1 Å². The molecule has 0 saturated carbocycles. The van der Waals surface area contributed by atoms with Crippen molar-refractivity contribution in [2.24, 2.45) is 0 Å². The third kappa shape index (κ3) is 2.05. The predicted octanol–water partition coefficient (Wildman–Crippen LogP) is 2.33. The van der Waals surface area contributed by atoms with E-state index in [0.29, 0.717) is 5.52 Å². The van der Waals surface area contributed by atoms with Crippen molar-refractivity contribution >= 4 is 32.5 Å². The second kappa shape index (κ2) is 4.31. The highest BCUT2D eigenvalue weighted by atomic mass is 35.5. The highest BCUT2D eigenvalue weighted by Gasteiger charge is 2.15. The van der Waals surface area contributed by atoms with Gasteiger partial charge in [0.05, 0.1) is 15.9 Å². The molecular formula is C11H13ClN2O2S. The minimum absolute atomic E-state index is 0.223. The van der Waals surface area contributed by atoms with Gasteiger partial charge in [0.1, 0.15) is 11.0 Å². The maximum Gasteiger partial charge on any atom is 0.192 e. The number of aromatic nitrogens is 2. The fourth-order valence-electron chi connectivity index (χ4n) is 1.89. The molecule has 0 N–H and O–H groups in total. The third-order valence-electron chi connectivity index (χ3n) is 2.73. The van der Waals surface area contributed by atoms with Crippen LogP contribution in [0.5, 0.6) is 0 Å². The Morgan fingerprint density at radius 2 is 2.12 bits per heavy atom. The van der Waals surface area contributed by atoms with Crippen molar-refractivity contribution in [3.8, 4) is 0 Å². The molecule has 0 fully saturated rings. The van der Waals surface area contributed by atoms with Crippen LogP contribution in [0.4, 0.5) is 0 Å². The lowest BCUT2D eigenvalue weighted by Gasteiger charge is -2.03. The van der Waals surface area contributed by atoms with Gasteiger partial charge in [-0.2, -0.15) is 0 Å². The lowest BCUT2D eigenvalue weighted by molar-refractivity contribution is 0.600. The summed E-state index contributed by atoms with van der Waals surface area (Å²) < 4.78 is 25.3. The first-order chi connectivity index (χ1) is 7.99. The summed E-state index contributed by atoms with van der Waals surface area (Å²) in [5.74, 6) is 0.878. The number of sulfone groups is 1. The quantitative estimate of drug-likeness (QED) is 0.806. The molecule has 0 aliphatic carbocycles. The van der Waals surface area contributed by atoms with Gasteiger partial charge in [-0.15, -0.1) is 11.6 Å². The van der Waals surface area contributed by atoms with E-state index in [4.69, 9.17) is 11.6 Å². The molecule has 0 spiro atoms. The predicted molar refractivity (Wildman–Crippen MR) is 68.0 cm³/mol. The summed E-state index contributed by atoms with van der Waals surface area (Å²) in [5, 5.41) is -0.411. The fraction of sp³-hybridized carbons (Fsp3) is 0.364. The maximum absolute atomic E-state index is 11.6. The van der Waals surface area contributed by atoms with E-state index in [1.807, 2.05) is 18.4 Å². The lowest BCUT2D eigenvalue weighted by Crippen LogP contribution is -2.02. The van der Waals surface area contributed by atoms with Crippen LogP contribution in [0.2, 0.25) is 0 Å². The number of imidazole rings is 1. The van der Waals surface area contributed by atoms with Gasteiger partial charge in [-0.05, 0) is 32.0 Å². The van der Waals surface area contributed by atoms with Gasteiger partial charge in [0.25, 0.3) is 0 Å². The Bertz CT molecular complexity index is 661. The number of fused-ring (bicyclic) bond motifs is 1. The molecule has 92 valence electrons. The van der Waals surface area contributed by atoms with Crippen LogP contribution in [0.3, 0.4) is 0 Å². The Morgan fingerprint density at radius 1 is 1.41 bits per heavy atom. The molecule has 0 aliphatic heterocycles. The van der Waals surface area contributed by atoms with Crippen LogP contribution in [0.25, 0.3) is 11.0 Å². The molecule has 2 aromatic rings. The lowest BCUT2D eigenvalue weighted by atomic mass is 10.3. The van der Waals surface area contributed by atoms with E-state index < -0.39 is 15.0 Å². The maximum atomic E-state index is 11.6. The highest BCUT2D eigenvalue weighted by Crippen LogP contribution is 2.21. The topological polar surface area (TPSA) is 52.0 Å². The zero-order valence-corrected chi connectivity index (χ0v) is 11.2. The van der Waals surface area contributed by atoms with E-state index in [0.717, 1.165) is 17.9 Å². The van der Waals surface area contributed by atoms with Crippen LogP contribution in [-0.2, 0) is 16.4 Å². The van der Waals surface area contributed by atoms with E-state index in [2.05, 4.69) is 4.98 Å². The average molecular weight is 273 g/mol. The molecule has 4 nitrogen and oxygen atoms in total. The Hall–Kier alpha value is -1.07. The molecule has 0 unspecified atom stereocenters. The third-order valence-corrected chi connectivity index (χ3v) is 4.85. The van der Waals surface area contributed by atoms with Gasteiger partial charge in [-0.1, -0.05) is 0 Å². The Morgan fingerprint density at radius 3 is 2.71 bits per heavy atom. The molecule has 0 saturated heterocycles. The molecule has 1 heterocycles. The Labute approximate surface area is 105 Å². The number of rotatable bonds is 3. The molecule has 0 amide bonds. The monoisotopic (exact) mass is 272 g/mol. The van der Waals surface area contributed by atoms with Crippen LogP contribution < -0.4 is 0 Å². The van der Waals surface area contributed by atoms with Gasteiger partial charge in [-0.25, -0.2) is 13.4 Å². The molecule has 0 aliphatic rings. The minimum Gasteiger partial charge on any atom is -0.329 e. The molecular weight excluding hydrogens is 260 g/mol. The molecule has 2 rings (SSSR count). The summed E-state index contributed by atoms with van der Waals surface area (Å²) in [6.45, 7) is 4.74. The molecule has 1 aromatic carbocycles. The van der Waals surface area contributed by atoms with Crippen molar-refractivity contribution in [3.63, 3.8) is 0 Å². The van der Waals surface area contributed by atoms with Crippen LogP contribution in [0.1, 0.15) is 12.7 Å². The summed E-state index contributed by atoms with van der Waals surface area (Å²) >= 11 is 5.43. The molecule has 0 bridgehead atoms. The van der Waals surface area contributed by atoms with E-state index in [1.165, 1.54) is 0 Å². The Balaban J connectivity index is 2.68. The second-order valence-corrected chi connectivity index (χ2v) is 6.35. The van der Waals surface area contributed by atoms with Gasteiger partial charge in [0.15, 0.2) is 9.84 Å². The number of aryl methyl sites for hydroxylation is 2. The van der Waals surface area contributed by atoms with Crippen LogP contribution in [0, 0.1) is 6.92 Å². The fourth-order valence-corrected chi connectivity index (χ4v) is 2.96. The van der Waals surface area contributed by atoms with Crippen molar-refractivity contribution in [3.05, 3.63) is 24.0 Å². The second-order valence-electron chi connectivity index (χ2n) is 3.78. The first kappa shape index (κ1) is 12.4. The first-order valence-corrected chi connectivity index (χ1v) is 7.44. The van der Waals surface area contributed by atoms with Crippen LogP contribution >= 0.6 is 11.6 Å². The number of halogens is 1. The number of benzene rings is 1. The van der Waals surface area contributed by atoms with Gasteiger partial charge >= 0.3 is 0 Å². The van der Waals surface area contributed by atoms with E-state index >= 15 is 0 Å².